The van der Waals surface area contributed by atoms with E-state index in [1.165, 1.54) is 6.07 Å². The molecule has 1 saturated heterocycles. The van der Waals surface area contributed by atoms with Crippen molar-refractivity contribution < 1.29 is 23.1 Å². The summed E-state index contributed by atoms with van der Waals surface area (Å²) in [5.74, 6) is -1.49. The van der Waals surface area contributed by atoms with Crippen LogP contribution in [0, 0.1) is 0 Å². The Kier molecular flexibility index (Phi) is 7.46. The molecule has 0 unspecified atom stereocenters. The summed E-state index contributed by atoms with van der Waals surface area (Å²) in [6.07, 6.45) is -2.08. The molecule has 0 amide bonds. The number of carbonyl (C=O) groups is 1. The first-order valence-corrected chi connectivity index (χ1v) is 13.0. The number of benzene rings is 2. The first-order chi connectivity index (χ1) is 18.7. The lowest BCUT2D eigenvalue weighted by Gasteiger charge is -2.17. The van der Waals surface area contributed by atoms with Gasteiger partial charge in [0.05, 0.1) is 11.9 Å². The van der Waals surface area contributed by atoms with Crippen molar-refractivity contribution in [1.29, 1.82) is 0 Å². The third kappa shape index (κ3) is 5.42. The average molecular weight is 555 g/mol. The highest BCUT2D eigenvalue weighted by Gasteiger charge is 2.41. The fourth-order valence-electron chi connectivity index (χ4n) is 5.23. The maximum absolute atomic E-state index is 13.8. The first kappa shape index (κ1) is 26.9. The van der Waals surface area contributed by atoms with E-state index in [9.17, 15) is 23.1 Å². The second-order valence-corrected chi connectivity index (χ2v) is 9.98. The van der Waals surface area contributed by atoms with E-state index >= 15 is 0 Å². The lowest BCUT2D eigenvalue weighted by molar-refractivity contribution is -0.143. The van der Waals surface area contributed by atoms with Gasteiger partial charge < -0.3 is 10.0 Å². The minimum absolute atomic E-state index is 0.145. The van der Waals surface area contributed by atoms with Crippen LogP contribution in [0.5, 0.6) is 0 Å². The van der Waals surface area contributed by atoms with Crippen LogP contribution in [0.2, 0.25) is 5.02 Å². The molecule has 4 aromatic rings. The van der Waals surface area contributed by atoms with E-state index in [2.05, 4.69) is 28.0 Å². The van der Waals surface area contributed by atoms with Gasteiger partial charge in [-0.25, -0.2) is 14.5 Å². The summed E-state index contributed by atoms with van der Waals surface area (Å²) in [6, 6.07) is 18.0. The van der Waals surface area contributed by atoms with Crippen LogP contribution in [0.3, 0.4) is 0 Å². The van der Waals surface area contributed by atoms with Crippen molar-refractivity contribution in [3.05, 3.63) is 88.7 Å². The number of rotatable bonds is 7. The molecule has 0 saturated carbocycles. The van der Waals surface area contributed by atoms with E-state index in [1.54, 1.807) is 12.1 Å². The van der Waals surface area contributed by atoms with Crippen LogP contribution < -0.4 is 0 Å². The Hall–Kier alpha value is -3.69. The molecule has 0 bridgehead atoms. The van der Waals surface area contributed by atoms with Gasteiger partial charge in [0.15, 0.2) is 11.5 Å². The smallest absolute Gasteiger partial charge is 0.434 e. The number of halogens is 4. The minimum atomic E-state index is -4.94. The van der Waals surface area contributed by atoms with Crippen molar-refractivity contribution in [3.8, 4) is 28.2 Å². The highest BCUT2D eigenvalue weighted by molar-refractivity contribution is 6.31. The molecule has 202 valence electrons. The van der Waals surface area contributed by atoms with E-state index in [1.807, 2.05) is 36.4 Å². The van der Waals surface area contributed by atoms with Crippen LogP contribution in [-0.2, 0) is 6.18 Å². The molecular weight excluding hydrogens is 529 g/mol. The molecule has 39 heavy (non-hydrogen) atoms. The number of carboxylic acids is 1. The van der Waals surface area contributed by atoms with Crippen LogP contribution in [0.1, 0.15) is 47.3 Å². The zero-order valence-corrected chi connectivity index (χ0v) is 21.9. The number of aromatic nitrogens is 3. The SMILES string of the molecule is CCCN1CC[C@@H](c2ccc(-c3ccccc3-c3cccc(-n4ncc(C(=O)O)c4C(F)(F)F)n3)cc2Cl)C1. The predicted octanol–water partition coefficient (Wildman–Crippen LogP) is 7.17. The summed E-state index contributed by atoms with van der Waals surface area (Å²) in [4.78, 5) is 18.3. The van der Waals surface area contributed by atoms with Crippen LogP contribution in [0.25, 0.3) is 28.2 Å². The molecule has 0 aliphatic carbocycles. The Balaban J connectivity index is 1.51. The van der Waals surface area contributed by atoms with Gasteiger partial charge in [-0.3, -0.25) is 0 Å². The molecule has 1 N–H and O–H groups in total. The highest BCUT2D eigenvalue weighted by Crippen LogP contribution is 2.38. The Morgan fingerprint density at radius 3 is 2.56 bits per heavy atom. The molecule has 2 aromatic carbocycles. The Labute approximate surface area is 228 Å². The Bertz CT molecular complexity index is 1520. The maximum atomic E-state index is 13.8. The summed E-state index contributed by atoms with van der Waals surface area (Å²) in [7, 11) is 0. The standard InChI is InChI=1S/C29H26ClF3N4O2/c1-2-13-36-14-12-19(17-36)21-11-10-18(15-24(21)30)20-6-3-4-7-22(20)25-8-5-9-26(35-25)37-27(29(31,32)33)23(16-34-37)28(38)39/h3-11,15-16,19H,2,12-14,17H2,1H3,(H,38,39)/t19-/m1/s1. The fraction of sp³-hybridized carbons (Fsp3) is 0.276. The van der Waals surface area contributed by atoms with Gasteiger partial charge in [-0.15, -0.1) is 0 Å². The Morgan fingerprint density at radius 1 is 1.10 bits per heavy atom. The van der Waals surface area contributed by atoms with Crippen molar-refractivity contribution in [3.63, 3.8) is 0 Å². The molecular formula is C29H26ClF3N4O2. The zero-order valence-electron chi connectivity index (χ0n) is 21.1. The molecule has 1 aliphatic heterocycles. The maximum Gasteiger partial charge on any atom is 0.434 e. The van der Waals surface area contributed by atoms with Crippen LogP contribution in [0.15, 0.2) is 66.9 Å². The molecule has 0 spiro atoms. The summed E-state index contributed by atoms with van der Waals surface area (Å²) < 4.78 is 41.8. The van der Waals surface area contributed by atoms with Crippen molar-refractivity contribution in [2.24, 2.45) is 0 Å². The van der Waals surface area contributed by atoms with Crippen LogP contribution in [0.4, 0.5) is 13.2 Å². The lowest BCUT2D eigenvalue weighted by atomic mass is 9.93. The summed E-state index contributed by atoms with van der Waals surface area (Å²) >= 11 is 6.78. The number of nitrogens with zero attached hydrogens (tertiary/aromatic N) is 4. The van der Waals surface area contributed by atoms with Gasteiger partial charge in [0.1, 0.15) is 5.56 Å². The number of hydrogen-bond donors (Lipinski definition) is 1. The van der Waals surface area contributed by atoms with E-state index in [0.717, 1.165) is 49.2 Å². The molecule has 1 fully saturated rings. The number of alkyl halides is 3. The van der Waals surface area contributed by atoms with E-state index in [-0.39, 0.29) is 5.82 Å². The van der Waals surface area contributed by atoms with Crippen molar-refractivity contribution in [2.75, 3.05) is 19.6 Å². The molecule has 10 heteroatoms. The number of aromatic carboxylic acids is 1. The first-order valence-electron chi connectivity index (χ1n) is 12.6. The zero-order chi connectivity index (χ0) is 27.7. The van der Waals surface area contributed by atoms with E-state index in [0.29, 0.717) is 33.1 Å². The normalized spacial score (nSPS) is 16.1. The molecule has 6 nitrogen and oxygen atoms in total. The number of likely N-dealkylation sites (tertiary alicyclic amines) is 1. The largest absolute Gasteiger partial charge is 0.478 e. The number of hydrogen-bond acceptors (Lipinski definition) is 4. The second-order valence-electron chi connectivity index (χ2n) is 9.57. The third-order valence-electron chi connectivity index (χ3n) is 6.99. The Morgan fingerprint density at radius 2 is 1.87 bits per heavy atom. The van der Waals surface area contributed by atoms with Gasteiger partial charge in [-0.2, -0.15) is 18.3 Å². The lowest BCUT2D eigenvalue weighted by Crippen LogP contribution is -2.20. The topological polar surface area (TPSA) is 71.2 Å². The number of carboxylic acid groups (broad SMARTS) is 1. The third-order valence-corrected chi connectivity index (χ3v) is 7.31. The minimum Gasteiger partial charge on any atom is -0.478 e. The highest BCUT2D eigenvalue weighted by atomic mass is 35.5. The molecule has 0 radical (unpaired) electrons. The monoisotopic (exact) mass is 554 g/mol. The van der Waals surface area contributed by atoms with Crippen LogP contribution in [-0.4, -0.2) is 50.4 Å². The summed E-state index contributed by atoms with van der Waals surface area (Å²) in [5.41, 5.74) is 1.57. The van der Waals surface area contributed by atoms with Gasteiger partial charge in [0.25, 0.3) is 0 Å². The molecule has 3 heterocycles. The fourth-order valence-corrected chi connectivity index (χ4v) is 5.57. The van der Waals surface area contributed by atoms with Gasteiger partial charge in [-0.05, 0) is 66.7 Å². The van der Waals surface area contributed by atoms with Gasteiger partial charge >= 0.3 is 12.1 Å². The quantitative estimate of drug-likeness (QED) is 0.262. The average Bonchev–Trinajstić information content (AvgIpc) is 3.57. The van der Waals surface area contributed by atoms with Gasteiger partial charge in [0.2, 0.25) is 0 Å². The molecule has 5 rings (SSSR count). The van der Waals surface area contributed by atoms with Crippen molar-refractivity contribution >= 4 is 17.6 Å². The van der Waals surface area contributed by atoms with Gasteiger partial charge in [-0.1, -0.05) is 61.0 Å². The number of pyridine rings is 1. The second kappa shape index (κ2) is 10.8. The van der Waals surface area contributed by atoms with E-state index in [4.69, 9.17) is 11.6 Å². The molecule has 1 atom stereocenters. The predicted molar refractivity (Wildman–Crippen MR) is 143 cm³/mol. The summed E-state index contributed by atoms with van der Waals surface area (Å²) in [5, 5.41) is 13.6. The van der Waals surface area contributed by atoms with Crippen molar-refractivity contribution in [2.45, 2.75) is 31.9 Å². The van der Waals surface area contributed by atoms with Gasteiger partial charge in [0, 0.05) is 17.1 Å². The summed E-state index contributed by atoms with van der Waals surface area (Å²) in [6.45, 7) is 5.29. The molecule has 1 aliphatic rings. The molecule has 2 aromatic heterocycles. The van der Waals surface area contributed by atoms with Crippen LogP contribution >= 0.6 is 11.6 Å². The van der Waals surface area contributed by atoms with E-state index < -0.39 is 23.4 Å². The van der Waals surface area contributed by atoms with Crippen molar-refractivity contribution in [1.82, 2.24) is 19.7 Å².